The van der Waals surface area contributed by atoms with Crippen molar-refractivity contribution < 1.29 is 14.3 Å². The van der Waals surface area contributed by atoms with Gasteiger partial charge in [0, 0.05) is 18.8 Å². The van der Waals surface area contributed by atoms with E-state index in [1.54, 1.807) is 4.90 Å². The second-order valence-electron chi connectivity index (χ2n) is 5.83. The number of amides is 1. The van der Waals surface area contributed by atoms with Crippen LogP contribution in [0.25, 0.3) is 0 Å². The summed E-state index contributed by atoms with van der Waals surface area (Å²) in [7, 11) is 0. The van der Waals surface area contributed by atoms with Crippen molar-refractivity contribution in [1.29, 1.82) is 0 Å². The molecule has 0 saturated carbocycles. The molecule has 120 valence electrons. The molecule has 1 saturated heterocycles. The summed E-state index contributed by atoms with van der Waals surface area (Å²) in [6.45, 7) is 0.655. The van der Waals surface area contributed by atoms with Crippen LogP contribution in [0.1, 0.15) is 41.3 Å². The zero-order valence-electron chi connectivity index (χ0n) is 12.7. The molecule has 1 aliphatic rings. The van der Waals surface area contributed by atoms with E-state index < -0.39 is 12.1 Å². The molecule has 1 N–H and O–H groups in total. The number of hydrogen-bond donors (Lipinski definition) is 1. The maximum Gasteiger partial charge on any atom is 0.255 e. The predicted molar refractivity (Wildman–Crippen MR) is 84.3 cm³/mol. The van der Waals surface area contributed by atoms with Gasteiger partial charge in [0.2, 0.25) is 5.95 Å². The van der Waals surface area contributed by atoms with E-state index in [2.05, 4.69) is 4.98 Å². The van der Waals surface area contributed by atoms with Crippen LogP contribution in [-0.4, -0.2) is 33.5 Å². The number of nitrogens with zero attached hydrogens (tertiary/aromatic N) is 2. The van der Waals surface area contributed by atoms with Gasteiger partial charge in [-0.25, -0.2) is 4.98 Å². The van der Waals surface area contributed by atoms with Crippen molar-refractivity contribution in [3.8, 4) is 0 Å². The molecule has 23 heavy (non-hydrogen) atoms. The summed E-state index contributed by atoms with van der Waals surface area (Å²) in [5.41, 5.74) is 1.24. The monoisotopic (exact) mass is 314 g/mol. The Hall–Kier alpha value is -2.27. The Morgan fingerprint density at radius 3 is 2.78 bits per heavy atom. The van der Waals surface area contributed by atoms with Crippen LogP contribution in [0, 0.1) is 5.95 Å². The number of likely N-dealkylation sites (tertiary alicyclic amines) is 1. The largest absolute Gasteiger partial charge is 0.388 e. The Balaban J connectivity index is 1.70. The van der Waals surface area contributed by atoms with Gasteiger partial charge < -0.3 is 10.0 Å². The third-order valence-electron chi connectivity index (χ3n) is 4.29. The minimum atomic E-state index is -0.598. The molecule has 1 fully saturated rings. The highest BCUT2D eigenvalue weighted by molar-refractivity contribution is 5.94. The maximum absolute atomic E-state index is 12.9. The fraction of sp³-hybridized carbons (Fsp3) is 0.333. The molecular weight excluding hydrogens is 295 g/mol. The fourth-order valence-electron chi connectivity index (χ4n) is 3.09. The van der Waals surface area contributed by atoms with Crippen LogP contribution < -0.4 is 0 Å². The van der Waals surface area contributed by atoms with E-state index in [0.717, 1.165) is 18.4 Å². The number of benzene rings is 1. The first-order valence-electron chi connectivity index (χ1n) is 7.80. The highest BCUT2D eigenvalue weighted by Crippen LogP contribution is 2.28. The molecule has 1 aromatic heterocycles. The van der Waals surface area contributed by atoms with Crippen LogP contribution in [-0.2, 0) is 0 Å². The normalized spacial score (nSPS) is 18.9. The van der Waals surface area contributed by atoms with Crippen molar-refractivity contribution >= 4 is 5.91 Å². The lowest BCUT2D eigenvalue weighted by atomic mass is 10.0. The minimum Gasteiger partial charge on any atom is -0.388 e. The molecule has 3 rings (SSSR count). The third kappa shape index (κ3) is 3.56. The number of hydrogen-bond acceptors (Lipinski definition) is 3. The SMILES string of the molecule is O=C(c1ccc(F)nc1)N1CCCC1CC(O)c1ccccc1. The summed E-state index contributed by atoms with van der Waals surface area (Å²) in [6, 6.07) is 12.1. The van der Waals surface area contributed by atoms with E-state index in [1.165, 1.54) is 18.3 Å². The first-order chi connectivity index (χ1) is 11.1. The molecule has 1 aromatic carbocycles. The van der Waals surface area contributed by atoms with Gasteiger partial charge in [0.05, 0.1) is 11.7 Å². The van der Waals surface area contributed by atoms with Crippen molar-refractivity contribution in [2.45, 2.75) is 31.4 Å². The number of rotatable bonds is 4. The van der Waals surface area contributed by atoms with Crippen molar-refractivity contribution in [2.75, 3.05) is 6.54 Å². The maximum atomic E-state index is 12.9. The number of carbonyl (C=O) groups excluding carboxylic acids is 1. The molecule has 2 aromatic rings. The number of halogens is 1. The highest BCUT2D eigenvalue weighted by atomic mass is 19.1. The minimum absolute atomic E-state index is 0.0113. The molecule has 0 spiro atoms. The van der Waals surface area contributed by atoms with Crippen molar-refractivity contribution in [3.05, 3.63) is 65.7 Å². The lowest BCUT2D eigenvalue weighted by Crippen LogP contribution is -2.36. The van der Waals surface area contributed by atoms with E-state index in [4.69, 9.17) is 0 Å². The van der Waals surface area contributed by atoms with Gasteiger partial charge in [0.25, 0.3) is 5.91 Å². The molecule has 5 heteroatoms. The molecule has 2 atom stereocenters. The number of pyridine rings is 1. The standard InChI is InChI=1S/C18H19FN2O2/c19-17-9-8-14(12-20-17)18(23)21-10-4-7-15(21)11-16(22)13-5-2-1-3-6-13/h1-3,5-6,8-9,12,15-16,22H,4,7,10-11H2. The highest BCUT2D eigenvalue weighted by Gasteiger charge is 2.31. The predicted octanol–water partition coefficient (Wildman–Crippen LogP) is 2.95. The summed E-state index contributed by atoms with van der Waals surface area (Å²) in [4.78, 5) is 17.9. The molecule has 4 nitrogen and oxygen atoms in total. The quantitative estimate of drug-likeness (QED) is 0.883. The summed E-state index contributed by atoms with van der Waals surface area (Å²) in [5, 5.41) is 10.4. The average molecular weight is 314 g/mol. The lowest BCUT2D eigenvalue weighted by molar-refractivity contribution is 0.0666. The summed E-state index contributed by atoms with van der Waals surface area (Å²) < 4.78 is 12.9. The van der Waals surface area contributed by atoms with Crippen LogP contribution in [0.4, 0.5) is 4.39 Å². The Labute approximate surface area is 134 Å². The molecule has 2 unspecified atom stereocenters. The zero-order valence-corrected chi connectivity index (χ0v) is 12.7. The molecule has 0 aliphatic carbocycles. The molecule has 1 aliphatic heterocycles. The van der Waals surface area contributed by atoms with Crippen molar-refractivity contribution in [1.82, 2.24) is 9.88 Å². The molecule has 1 amide bonds. The van der Waals surface area contributed by atoms with E-state index in [9.17, 15) is 14.3 Å². The summed E-state index contributed by atoms with van der Waals surface area (Å²) in [5.74, 6) is -0.751. The van der Waals surface area contributed by atoms with E-state index in [-0.39, 0.29) is 11.9 Å². The van der Waals surface area contributed by atoms with Gasteiger partial charge in [-0.15, -0.1) is 0 Å². The van der Waals surface area contributed by atoms with Gasteiger partial charge in [0.1, 0.15) is 0 Å². The number of aromatic nitrogens is 1. The molecule has 0 bridgehead atoms. The molecular formula is C18H19FN2O2. The fourth-order valence-corrected chi connectivity index (χ4v) is 3.09. The Kier molecular flexibility index (Phi) is 4.67. The van der Waals surface area contributed by atoms with E-state index in [0.29, 0.717) is 18.5 Å². The van der Waals surface area contributed by atoms with Gasteiger partial charge >= 0.3 is 0 Å². The van der Waals surface area contributed by atoms with E-state index in [1.807, 2.05) is 30.3 Å². The zero-order chi connectivity index (χ0) is 16.2. The Morgan fingerprint density at radius 1 is 1.30 bits per heavy atom. The first kappa shape index (κ1) is 15.6. The van der Waals surface area contributed by atoms with Crippen LogP contribution >= 0.6 is 0 Å². The summed E-state index contributed by atoms with van der Waals surface area (Å²) in [6.07, 6.45) is 2.95. The second-order valence-corrected chi connectivity index (χ2v) is 5.83. The van der Waals surface area contributed by atoms with Crippen LogP contribution in [0.5, 0.6) is 0 Å². The number of aliphatic hydroxyl groups excluding tert-OH is 1. The Morgan fingerprint density at radius 2 is 2.09 bits per heavy atom. The van der Waals surface area contributed by atoms with Crippen LogP contribution in [0.2, 0.25) is 0 Å². The van der Waals surface area contributed by atoms with Crippen LogP contribution in [0.15, 0.2) is 48.7 Å². The van der Waals surface area contributed by atoms with Gasteiger partial charge in [-0.1, -0.05) is 30.3 Å². The smallest absolute Gasteiger partial charge is 0.255 e. The van der Waals surface area contributed by atoms with Crippen LogP contribution in [0.3, 0.4) is 0 Å². The first-order valence-corrected chi connectivity index (χ1v) is 7.80. The summed E-state index contributed by atoms with van der Waals surface area (Å²) >= 11 is 0. The van der Waals surface area contributed by atoms with Gasteiger partial charge in [-0.05, 0) is 37.0 Å². The lowest BCUT2D eigenvalue weighted by Gasteiger charge is -2.26. The molecule has 0 radical (unpaired) electrons. The van der Waals surface area contributed by atoms with E-state index >= 15 is 0 Å². The van der Waals surface area contributed by atoms with Crippen molar-refractivity contribution in [3.63, 3.8) is 0 Å². The third-order valence-corrected chi connectivity index (χ3v) is 4.29. The van der Waals surface area contributed by atoms with Gasteiger partial charge in [-0.2, -0.15) is 4.39 Å². The van der Waals surface area contributed by atoms with Gasteiger partial charge in [0.15, 0.2) is 0 Å². The topological polar surface area (TPSA) is 53.4 Å². The Bertz CT molecular complexity index is 660. The van der Waals surface area contributed by atoms with Gasteiger partial charge in [-0.3, -0.25) is 4.79 Å². The number of aliphatic hydroxyl groups is 1. The number of carbonyl (C=O) groups is 1. The average Bonchev–Trinajstić information content (AvgIpc) is 3.04. The second kappa shape index (κ2) is 6.87. The van der Waals surface area contributed by atoms with Crippen molar-refractivity contribution in [2.24, 2.45) is 0 Å². The molecule has 2 heterocycles.